The third-order valence-electron chi connectivity index (χ3n) is 2.95. The summed E-state index contributed by atoms with van der Waals surface area (Å²) in [5.41, 5.74) is 0.235. The summed E-state index contributed by atoms with van der Waals surface area (Å²) in [7, 11) is 0. The molecule has 1 aromatic heterocycles. The van der Waals surface area contributed by atoms with Crippen LogP contribution < -0.4 is 0 Å². The van der Waals surface area contributed by atoms with Crippen molar-refractivity contribution in [2.24, 2.45) is 11.3 Å². The summed E-state index contributed by atoms with van der Waals surface area (Å²) < 4.78 is 2.03. The van der Waals surface area contributed by atoms with Crippen molar-refractivity contribution < 1.29 is 9.90 Å². The van der Waals surface area contributed by atoms with Gasteiger partial charge in [0.25, 0.3) is 0 Å². The zero-order chi connectivity index (χ0) is 13.1. The van der Waals surface area contributed by atoms with Gasteiger partial charge in [0, 0.05) is 18.9 Å². The van der Waals surface area contributed by atoms with E-state index in [-0.39, 0.29) is 11.2 Å². The zero-order valence-electron chi connectivity index (χ0n) is 10.8. The molecule has 96 valence electrons. The Morgan fingerprint density at radius 1 is 1.59 bits per heavy atom. The van der Waals surface area contributed by atoms with Crippen LogP contribution in [0.25, 0.3) is 0 Å². The van der Waals surface area contributed by atoms with Crippen molar-refractivity contribution in [1.82, 2.24) is 9.55 Å². The minimum atomic E-state index is -0.812. The predicted octanol–water partition coefficient (Wildman–Crippen LogP) is 2.74. The fourth-order valence-electron chi connectivity index (χ4n) is 1.27. The molecule has 0 bridgehead atoms. The number of hydrogen-bond donors (Lipinski definition) is 1. The molecule has 1 aromatic rings. The van der Waals surface area contributed by atoms with Crippen LogP contribution in [0.15, 0.2) is 17.6 Å². The van der Waals surface area contributed by atoms with Gasteiger partial charge < -0.3 is 9.67 Å². The number of nitrogens with zero attached hydrogens (tertiary/aromatic N) is 2. The minimum Gasteiger partial charge on any atom is -0.481 e. The summed E-state index contributed by atoms with van der Waals surface area (Å²) in [6.07, 6.45) is 3.63. The van der Waals surface area contributed by atoms with Crippen LogP contribution in [0.3, 0.4) is 0 Å². The first-order chi connectivity index (χ1) is 7.80. The Morgan fingerprint density at radius 2 is 2.24 bits per heavy atom. The van der Waals surface area contributed by atoms with Crippen molar-refractivity contribution in [2.75, 3.05) is 5.75 Å². The third kappa shape index (κ3) is 4.42. The average molecular weight is 256 g/mol. The van der Waals surface area contributed by atoms with Crippen molar-refractivity contribution in [3.8, 4) is 0 Å². The van der Waals surface area contributed by atoms with Crippen molar-refractivity contribution in [3.63, 3.8) is 0 Å². The molecule has 4 nitrogen and oxygen atoms in total. The van der Waals surface area contributed by atoms with E-state index in [2.05, 4.69) is 32.7 Å². The number of rotatable bonds is 5. The van der Waals surface area contributed by atoms with Gasteiger partial charge in [0.05, 0.1) is 5.75 Å². The molecule has 0 amide bonds. The van der Waals surface area contributed by atoms with E-state index in [1.54, 1.807) is 6.20 Å². The summed E-state index contributed by atoms with van der Waals surface area (Å²) in [4.78, 5) is 14.7. The number of thioether (sulfide) groups is 1. The van der Waals surface area contributed by atoms with Gasteiger partial charge in [0.1, 0.15) is 0 Å². The molecule has 0 radical (unpaired) electrons. The van der Waals surface area contributed by atoms with Gasteiger partial charge in [0.15, 0.2) is 5.16 Å². The van der Waals surface area contributed by atoms with Crippen LogP contribution in [-0.4, -0.2) is 26.4 Å². The Hall–Kier alpha value is -0.970. The second-order valence-corrected chi connectivity index (χ2v) is 6.25. The molecule has 0 spiro atoms. The lowest BCUT2D eigenvalue weighted by Crippen LogP contribution is -2.22. The predicted molar refractivity (Wildman–Crippen MR) is 69.2 cm³/mol. The molecule has 1 heterocycles. The standard InChI is InChI=1S/C12H20N2O2S/c1-9(12(2,3)4)7-14-6-5-13-11(14)17-8-10(15)16/h5-6,9H,7-8H2,1-4H3,(H,15,16). The smallest absolute Gasteiger partial charge is 0.313 e. The van der Waals surface area contributed by atoms with E-state index in [0.717, 1.165) is 11.7 Å². The normalized spacial score (nSPS) is 13.6. The molecule has 1 atom stereocenters. The maximum Gasteiger partial charge on any atom is 0.313 e. The van der Waals surface area contributed by atoms with Crippen molar-refractivity contribution in [2.45, 2.75) is 39.4 Å². The fraction of sp³-hybridized carbons (Fsp3) is 0.667. The molecule has 0 saturated heterocycles. The number of hydrogen-bond acceptors (Lipinski definition) is 3. The maximum absolute atomic E-state index is 10.5. The van der Waals surface area contributed by atoms with Gasteiger partial charge in [-0.25, -0.2) is 4.98 Å². The Balaban J connectivity index is 2.66. The first kappa shape index (κ1) is 14.1. The third-order valence-corrected chi connectivity index (χ3v) is 3.94. The molecule has 1 unspecified atom stereocenters. The molecule has 0 aromatic carbocycles. The number of carbonyl (C=O) groups is 1. The largest absolute Gasteiger partial charge is 0.481 e. The molecule has 0 aliphatic carbocycles. The van der Waals surface area contributed by atoms with Crippen molar-refractivity contribution in [1.29, 1.82) is 0 Å². The molecule has 5 heteroatoms. The van der Waals surface area contributed by atoms with Gasteiger partial charge in [-0.05, 0) is 11.3 Å². The molecule has 0 saturated carbocycles. The highest BCUT2D eigenvalue weighted by Gasteiger charge is 2.21. The van der Waals surface area contributed by atoms with E-state index in [9.17, 15) is 4.79 Å². The number of imidazole rings is 1. The molecule has 17 heavy (non-hydrogen) atoms. The van der Waals surface area contributed by atoms with Gasteiger partial charge in [-0.3, -0.25) is 4.79 Å². The van der Waals surface area contributed by atoms with Crippen molar-refractivity contribution >= 4 is 17.7 Å². The number of carboxylic acids is 1. The topological polar surface area (TPSA) is 55.1 Å². The molecule has 0 aliphatic rings. The van der Waals surface area contributed by atoms with Gasteiger partial charge in [-0.2, -0.15) is 0 Å². The Bertz CT molecular complexity index is 382. The highest BCUT2D eigenvalue weighted by atomic mass is 32.2. The maximum atomic E-state index is 10.5. The van der Waals surface area contributed by atoms with Crippen LogP contribution in [0.5, 0.6) is 0 Å². The number of aliphatic carboxylic acids is 1. The Morgan fingerprint density at radius 3 is 2.76 bits per heavy atom. The second-order valence-electron chi connectivity index (χ2n) is 5.31. The van der Waals surface area contributed by atoms with Crippen LogP contribution >= 0.6 is 11.8 Å². The SMILES string of the molecule is CC(Cn1ccnc1SCC(=O)O)C(C)(C)C. The highest BCUT2D eigenvalue weighted by molar-refractivity contribution is 7.99. The first-order valence-electron chi connectivity index (χ1n) is 5.66. The molecule has 0 aliphatic heterocycles. The number of aromatic nitrogens is 2. The summed E-state index contributed by atoms with van der Waals surface area (Å²) in [6.45, 7) is 9.69. The van der Waals surface area contributed by atoms with Gasteiger partial charge >= 0.3 is 5.97 Å². The van der Waals surface area contributed by atoms with E-state index in [0.29, 0.717) is 5.92 Å². The Labute approximate surface area is 106 Å². The summed E-state index contributed by atoms with van der Waals surface area (Å²) in [6, 6.07) is 0. The van der Waals surface area contributed by atoms with Gasteiger partial charge in [0.2, 0.25) is 0 Å². The van der Waals surface area contributed by atoms with Crippen molar-refractivity contribution in [3.05, 3.63) is 12.4 Å². The molecular weight excluding hydrogens is 236 g/mol. The lowest BCUT2D eigenvalue weighted by molar-refractivity contribution is -0.133. The zero-order valence-corrected chi connectivity index (χ0v) is 11.6. The van der Waals surface area contributed by atoms with Gasteiger partial charge in [-0.15, -0.1) is 0 Å². The van der Waals surface area contributed by atoms with E-state index < -0.39 is 5.97 Å². The van der Waals surface area contributed by atoms with Crippen LogP contribution in [0.4, 0.5) is 0 Å². The lowest BCUT2D eigenvalue weighted by atomic mass is 9.82. The lowest BCUT2D eigenvalue weighted by Gasteiger charge is -2.27. The number of carboxylic acid groups (broad SMARTS) is 1. The minimum absolute atomic E-state index is 0.0565. The fourth-order valence-corrected chi connectivity index (χ4v) is 1.96. The van der Waals surface area contributed by atoms with Gasteiger partial charge in [-0.1, -0.05) is 39.5 Å². The molecule has 1 N–H and O–H groups in total. The van der Waals surface area contributed by atoms with E-state index in [4.69, 9.17) is 5.11 Å². The monoisotopic (exact) mass is 256 g/mol. The highest BCUT2D eigenvalue weighted by Crippen LogP contribution is 2.28. The summed E-state index contributed by atoms with van der Waals surface area (Å²) in [5, 5.41) is 9.44. The molecule has 0 fully saturated rings. The van der Waals surface area contributed by atoms with E-state index in [1.165, 1.54) is 11.8 Å². The second kappa shape index (κ2) is 5.58. The molecule has 1 rings (SSSR count). The van der Waals surface area contributed by atoms with E-state index >= 15 is 0 Å². The first-order valence-corrected chi connectivity index (χ1v) is 6.65. The van der Waals surface area contributed by atoms with Crippen LogP contribution in [0.2, 0.25) is 0 Å². The Kier molecular flexibility index (Phi) is 4.62. The van der Waals surface area contributed by atoms with Crippen LogP contribution in [-0.2, 0) is 11.3 Å². The van der Waals surface area contributed by atoms with Crippen LogP contribution in [0.1, 0.15) is 27.7 Å². The summed E-state index contributed by atoms with van der Waals surface area (Å²) >= 11 is 1.27. The van der Waals surface area contributed by atoms with Crippen LogP contribution in [0, 0.1) is 11.3 Å². The molecular formula is C12H20N2O2S. The quantitative estimate of drug-likeness (QED) is 0.823. The summed E-state index contributed by atoms with van der Waals surface area (Å²) in [5.74, 6) is -0.254. The average Bonchev–Trinajstić information content (AvgIpc) is 2.60. The van der Waals surface area contributed by atoms with E-state index in [1.807, 2.05) is 10.8 Å².